The summed E-state index contributed by atoms with van der Waals surface area (Å²) < 4.78 is 10.9. The highest BCUT2D eigenvalue weighted by atomic mass is 35.5. The van der Waals surface area contributed by atoms with Gasteiger partial charge in [-0.25, -0.2) is 4.79 Å². The van der Waals surface area contributed by atoms with Gasteiger partial charge in [0, 0.05) is 16.7 Å². The molecule has 1 aliphatic heterocycles. The maximum absolute atomic E-state index is 12.3. The zero-order valence-corrected chi connectivity index (χ0v) is 15.4. The molecule has 0 aliphatic carbocycles. The number of likely N-dealkylation sites (tertiary alicyclic amines) is 1. The molecule has 8 heteroatoms. The number of carbonyl (C=O) groups excluding carboxylic acids is 1. The Morgan fingerprint density at radius 3 is 2.85 bits per heavy atom. The summed E-state index contributed by atoms with van der Waals surface area (Å²) in [5.41, 5.74) is 1.56. The number of nitrogens with zero attached hydrogens (tertiary/aromatic N) is 2. The monoisotopic (exact) mass is 379 g/mol. The lowest BCUT2D eigenvalue weighted by atomic mass is 10.1. The van der Waals surface area contributed by atoms with Crippen LogP contribution in [0.15, 0.2) is 34.9 Å². The van der Waals surface area contributed by atoms with Gasteiger partial charge in [0.25, 0.3) is 0 Å². The first-order chi connectivity index (χ1) is 12.4. The Kier molecular flexibility index (Phi) is 5.80. The molecule has 1 aliphatic rings. The first-order valence-electron chi connectivity index (χ1n) is 8.50. The highest BCUT2D eigenvalue weighted by Gasteiger charge is 2.35. The molecule has 7 nitrogen and oxygen atoms in total. The number of carbonyl (C=O) groups is 1. The van der Waals surface area contributed by atoms with Crippen LogP contribution in [0.3, 0.4) is 0 Å². The van der Waals surface area contributed by atoms with Crippen molar-refractivity contribution in [2.24, 2.45) is 0 Å². The van der Waals surface area contributed by atoms with E-state index < -0.39 is 6.10 Å². The van der Waals surface area contributed by atoms with Crippen LogP contribution in [0, 0.1) is 0 Å². The zero-order chi connectivity index (χ0) is 18.7. The van der Waals surface area contributed by atoms with Crippen LogP contribution in [-0.4, -0.2) is 52.6 Å². The minimum absolute atomic E-state index is 0.00172. The molecular formula is C18H22ClN3O4. The van der Waals surface area contributed by atoms with Crippen molar-refractivity contribution in [2.45, 2.75) is 38.7 Å². The van der Waals surface area contributed by atoms with E-state index in [1.807, 2.05) is 26.0 Å². The molecule has 1 aromatic carbocycles. The number of benzene rings is 1. The minimum Gasteiger partial charge on any atom is -0.388 e. The molecule has 1 saturated heterocycles. The van der Waals surface area contributed by atoms with Crippen molar-refractivity contribution in [3.63, 3.8) is 0 Å². The molecule has 26 heavy (non-hydrogen) atoms. The summed E-state index contributed by atoms with van der Waals surface area (Å²) in [7, 11) is 0. The molecule has 2 N–H and O–H groups in total. The number of hydrogen-bond acceptors (Lipinski definition) is 5. The number of nitrogens with one attached hydrogen (secondary N) is 1. The highest BCUT2D eigenvalue weighted by Crippen LogP contribution is 2.21. The number of aliphatic hydroxyl groups excluding tert-OH is 1. The van der Waals surface area contributed by atoms with E-state index in [1.54, 1.807) is 18.2 Å². The predicted octanol–water partition coefficient (Wildman–Crippen LogP) is 2.67. The van der Waals surface area contributed by atoms with Gasteiger partial charge in [-0.2, -0.15) is 0 Å². The van der Waals surface area contributed by atoms with Gasteiger partial charge < -0.3 is 24.6 Å². The van der Waals surface area contributed by atoms with E-state index in [9.17, 15) is 9.90 Å². The Morgan fingerprint density at radius 2 is 2.15 bits per heavy atom. The Morgan fingerprint density at radius 1 is 1.42 bits per heavy atom. The SMILES string of the molecule is CC(C)O[C@H]1CN(C(=O)NCc2cc(-c3ccc(Cl)cc3)no2)C[C@@H]1O. The molecule has 2 amide bonds. The minimum atomic E-state index is -0.676. The lowest BCUT2D eigenvalue weighted by Crippen LogP contribution is -2.39. The van der Waals surface area contributed by atoms with E-state index in [0.717, 1.165) is 5.56 Å². The first kappa shape index (κ1) is 18.7. The van der Waals surface area contributed by atoms with E-state index >= 15 is 0 Å². The van der Waals surface area contributed by atoms with Gasteiger partial charge in [-0.05, 0) is 26.0 Å². The predicted molar refractivity (Wildman–Crippen MR) is 96.8 cm³/mol. The van der Waals surface area contributed by atoms with Crippen molar-refractivity contribution < 1.29 is 19.2 Å². The number of urea groups is 1. The highest BCUT2D eigenvalue weighted by molar-refractivity contribution is 6.30. The van der Waals surface area contributed by atoms with Gasteiger partial charge in [0.05, 0.1) is 31.8 Å². The van der Waals surface area contributed by atoms with Crippen LogP contribution in [0.25, 0.3) is 11.3 Å². The van der Waals surface area contributed by atoms with E-state index in [1.165, 1.54) is 4.90 Å². The largest absolute Gasteiger partial charge is 0.388 e. The van der Waals surface area contributed by atoms with Gasteiger partial charge in [-0.3, -0.25) is 0 Å². The molecule has 0 bridgehead atoms. The standard InChI is InChI=1S/C18H22ClN3O4/c1-11(2)25-17-10-22(9-16(17)23)18(24)20-8-14-7-15(21-26-14)12-3-5-13(19)6-4-12/h3-7,11,16-17,23H,8-10H2,1-2H3,(H,20,24)/t16-,17-/m0/s1. The van der Waals surface area contributed by atoms with Gasteiger partial charge in [-0.15, -0.1) is 0 Å². The maximum Gasteiger partial charge on any atom is 0.317 e. The number of β-amino-alcohol motifs (C(OH)–C–C–N with tert-alkyl or cyclic N) is 1. The molecule has 3 rings (SSSR count). The first-order valence-corrected chi connectivity index (χ1v) is 8.88. The van der Waals surface area contributed by atoms with Crippen LogP contribution in [0.5, 0.6) is 0 Å². The summed E-state index contributed by atoms with van der Waals surface area (Å²) in [5, 5.41) is 17.4. The number of aromatic nitrogens is 1. The van der Waals surface area contributed by atoms with Crippen LogP contribution < -0.4 is 5.32 Å². The molecule has 1 fully saturated rings. The Bertz CT molecular complexity index is 747. The number of halogens is 1. The summed E-state index contributed by atoms with van der Waals surface area (Å²) in [5.74, 6) is 0.540. The Balaban J connectivity index is 1.53. The Hall–Kier alpha value is -2.09. The molecule has 0 radical (unpaired) electrons. The number of hydrogen-bond donors (Lipinski definition) is 2. The molecule has 1 aromatic heterocycles. The lowest BCUT2D eigenvalue weighted by Gasteiger charge is -2.18. The summed E-state index contributed by atoms with van der Waals surface area (Å²) in [4.78, 5) is 13.8. The van der Waals surface area contributed by atoms with E-state index in [-0.39, 0.29) is 31.3 Å². The van der Waals surface area contributed by atoms with Crippen LogP contribution in [-0.2, 0) is 11.3 Å². The smallest absolute Gasteiger partial charge is 0.317 e. The third-order valence-corrected chi connectivity index (χ3v) is 4.34. The van der Waals surface area contributed by atoms with Crippen molar-refractivity contribution in [2.75, 3.05) is 13.1 Å². The van der Waals surface area contributed by atoms with Crippen molar-refractivity contribution in [1.82, 2.24) is 15.4 Å². The van der Waals surface area contributed by atoms with Gasteiger partial charge >= 0.3 is 6.03 Å². The Labute approximate surface area is 156 Å². The number of amides is 2. The summed E-state index contributed by atoms with van der Waals surface area (Å²) in [6.07, 6.45) is -1.04. The topological polar surface area (TPSA) is 87.8 Å². The molecular weight excluding hydrogens is 358 g/mol. The fraction of sp³-hybridized carbons (Fsp3) is 0.444. The molecule has 140 valence electrons. The molecule has 0 spiro atoms. The number of aliphatic hydroxyl groups is 1. The number of rotatable bonds is 5. The van der Waals surface area contributed by atoms with E-state index in [4.69, 9.17) is 20.9 Å². The second-order valence-corrected chi connectivity index (χ2v) is 6.98. The quantitative estimate of drug-likeness (QED) is 0.833. The molecule has 2 aromatic rings. The van der Waals surface area contributed by atoms with E-state index in [0.29, 0.717) is 23.0 Å². The summed E-state index contributed by atoms with van der Waals surface area (Å²) >= 11 is 5.88. The van der Waals surface area contributed by atoms with Crippen molar-refractivity contribution in [3.05, 3.63) is 41.1 Å². The third-order valence-electron chi connectivity index (χ3n) is 4.08. The van der Waals surface area contributed by atoms with Gasteiger partial charge in [-0.1, -0.05) is 28.9 Å². The summed E-state index contributed by atoms with van der Waals surface area (Å²) in [6, 6.07) is 8.75. The van der Waals surface area contributed by atoms with E-state index in [2.05, 4.69) is 10.5 Å². The normalized spacial score (nSPS) is 20.0. The van der Waals surface area contributed by atoms with Gasteiger partial charge in [0.1, 0.15) is 11.8 Å². The van der Waals surface area contributed by atoms with Crippen molar-refractivity contribution >= 4 is 17.6 Å². The van der Waals surface area contributed by atoms with Crippen LogP contribution in [0.2, 0.25) is 5.02 Å². The molecule has 0 unspecified atom stereocenters. The van der Waals surface area contributed by atoms with Gasteiger partial charge in [0.15, 0.2) is 5.76 Å². The second-order valence-electron chi connectivity index (χ2n) is 6.54. The summed E-state index contributed by atoms with van der Waals surface area (Å²) in [6.45, 7) is 4.62. The third kappa shape index (κ3) is 4.55. The maximum atomic E-state index is 12.3. The zero-order valence-electron chi connectivity index (χ0n) is 14.7. The average Bonchev–Trinajstić information content (AvgIpc) is 3.20. The second kappa shape index (κ2) is 8.07. The fourth-order valence-electron chi connectivity index (χ4n) is 2.83. The molecule has 2 atom stereocenters. The fourth-order valence-corrected chi connectivity index (χ4v) is 2.96. The van der Waals surface area contributed by atoms with Crippen molar-refractivity contribution in [1.29, 1.82) is 0 Å². The van der Waals surface area contributed by atoms with Crippen LogP contribution in [0.4, 0.5) is 4.79 Å². The average molecular weight is 380 g/mol. The number of ether oxygens (including phenoxy) is 1. The van der Waals surface area contributed by atoms with Crippen LogP contribution in [0.1, 0.15) is 19.6 Å². The molecule has 2 heterocycles. The van der Waals surface area contributed by atoms with Crippen molar-refractivity contribution in [3.8, 4) is 11.3 Å². The molecule has 0 saturated carbocycles. The van der Waals surface area contributed by atoms with Gasteiger partial charge in [0.2, 0.25) is 0 Å². The lowest BCUT2D eigenvalue weighted by molar-refractivity contribution is -0.0393. The van der Waals surface area contributed by atoms with Crippen LogP contribution >= 0.6 is 11.6 Å².